The van der Waals surface area contributed by atoms with Crippen LogP contribution in [0.1, 0.15) is 41.9 Å². The summed E-state index contributed by atoms with van der Waals surface area (Å²) < 4.78 is 11.0. The molecule has 2 fully saturated rings. The number of amides is 2. The highest BCUT2D eigenvalue weighted by Crippen LogP contribution is 2.24. The summed E-state index contributed by atoms with van der Waals surface area (Å²) in [6.45, 7) is 3.18. The average molecular weight is 496 g/mol. The molecule has 0 bridgehead atoms. The number of piperidine rings is 1. The Bertz CT molecular complexity index is 1140. The Balaban J connectivity index is 1.17. The van der Waals surface area contributed by atoms with E-state index in [9.17, 15) is 9.59 Å². The van der Waals surface area contributed by atoms with Crippen molar-refractivity contribution in [1.82, 2.24) is 20.4 Å². The number of aromatic nitrogens is 2. The average Bonchev–Trinajstić information content (AvgIpc) is 3.66. The van der Waals surface area contributed by atoms with Crippen molar-refractivity contribution < 1.29 is 18.8 Å². The molecule has 4 heterocycles. The van der Waals surface area contributed by atoms with Crippen LogP contribution in [0.4, 0.5) is 5.69 Å². The van der Waals surface area contributed by atoms with Gasteiger partial charge in [0.05, 0.1) is 34.7 Å². The van der Waals surface area contributed by atoms with Gasteiger partial charge in [-0.15, -0.1) is 11.3 Å². The Hall–Kier alpha value is -3.08. The lowest BCUT2D eigenvalue weighted by molar-refractivity contribution is -0.121. The van der Waals surface area contributed by atoms with E-state index in [2.05, 4.69) is 25.7 Å². The second-order valence-corrected chi connectivity index (χ2v) is 9.89. The van der Waals surface area contributed by atoms with Crippen molar-refractivity contribution in [3.05, 3.63) is 53.2 Å². The standard InChI is InChI=1S/C25H29N5O4S/c31-24(27-20-9-2-1-8-19(20)25(32)26-14-18-7-4-12-33-18)17-6-3-11-30(15-17)16-22-28-23(29-34-22)21-10-5-13-35-21/h1-2,5,8-10,13,17-18H,3-4,6-7,11-12,14-16H2,(H,26,32)(H,27,31). The molecule has 2 aliphatic heterocycles. The molecule has 0 aliphatic carbocycles. The van der Waals surface area contributed by atoms with Gasteiger partial charge in [-0.2, -0.15) is 4.98 Å². The Labute approximate surface area is 207 Å². The highest BCUT2D eigenvalue weighted by molar-refractivity contribution is 7.13. The second kappa shape index (κ2) is 11.1. The number of anilines is 1. The van der Waals surface area contributed by atoms with Gasteiger partial charge < -0.3 is 19.9 Å². The van der Waals surface area contributed by atoms with Gasteiger partial charge in [-0.05, 0) is 55.8 Å². The molecule has 2 aliphatic rings. The molecule has 184 valence electrons. The minimum Gasteiger partial charge on any atom is -0.376 e. The van der Waals surface area contributed by atoms with E-state index in [-0.39, 0.29) is 23.8 Å². The van der Waals surface area contributed by atoms with Crippen LogP contribution in [0.15, 0.2) is 46.3 Å². The fourth-order valence-corrected chi connectivity index (χ4v) is 5.21. The van der Waals surface area contributed by atoms with Crippen LogP contribution in [0.3, 0.4) is 0 Å². The Morgan fingerprint density at radius 2 is 2.06 bits per heavy atom. The molecule has 0 radical (unpaired) electrons. The predicted molar refractivity (Wildman–Crippen MR) is 132 cm³/mol. The third-order valence-corrected chi connectivity index (χ3v) is 7.25. The number of para-hydroxylation sites is 1. The van der Waals surface area contributed by atoms with E-state index in [1.165, 1.54) is 0 Å². The molecule has 5 rings (SSSR count). The van der Waals surface area contributed by atoms with Crippen molar-refractivity contribution >= 4 is 28.8 Å². The second-order valence-electron chi connectivity index (χ2n) is 8.94. The summed E-state index contributed by atoms with van der Waals surface area (Å²) in [7, 11) is 0. The highest BCUT2D eigenvalue weighted by Gasteiger charge is 2.28. The smallest absolute Gasteiger partial charge is 0.253 e. The number of hydrogen-bond donors (Lipinski definition) is 2. The van der Waals surface area contributed by atoms with E-state index < -0.39 is 0 Å². The van der Waals surface area contributed by atoms with Crippen LogP contribution >= 0.6 is 11.3 Å². The molecule has 0 saturated carbocycles. The lowest BCUT2D eigenvalue weighted by Gasteiger charge is -2.31. The number of thiophene rings is 1. The van der Waals surface area contributed by atoms with Crippen LogP contribution in [0.2, 0.25) is 0 Å². The van der Waals surface area contributed by atoms with E-state index in [0.717, 1.165) is 43.7 Å². The highest BCUT2D eigenvalue weighted by atomic mass is 32.1. The van der Waals surface area contributed by atoms with Crippen molar-refractivity contribution in [1.29, 1.82) is 0 Å². The monoisotopic (exact) mass is 495 g/mol. The van der Waals surface area contributed by atoms with Gasteiger partial charge in [-0.1, -0.05) is 23.4 Å². The zero-order valence-corrected chi connectivity index (χ0v) is 20.3. The number of nitrogens with zero attached hydrogens (tertiary/aromatic N) is 3. The number of ether oxygens (including phenoxy) is 1. The molecule has 0 spiro atoms. The SMILES string of the molecule is O=C(NCC1CCCO1)c1ccccc1NC(=O)C1CCCN(Cc2nc(-c3cccs3)no2)C1. The minimum absolute atomic E-state index is 0.0640. The van der Waals surface area contributed by atoms with Gasteiger partial charge in [0.2, 0.25) is 17.6 Å². The fourth-order valence-electron chi connectivity index (χ4n) is 4.56. The maximum atomic E-state index is 13.1. The first-order valence-corrected chi connectivity index (χ1v) is 12.9. The summed E-state index contributed by atoms with van der Waals surface area (Å²) in [4.78, 5) is 33.5. The largest absolute Gasteiger partial charge is 0.376 e. The summed E-state index contributed by atoms with van der Waals surface area (Å²) in [5.41, 5.74) is 0.982. The third kappa shape index (κ3) is 5.95. The van der Waals surface area contributed by atoms with E-state index in [1.54, 1.807) is 29.5 Å². The van der Waals surface area contributed by atoms with Gasteiger partial charge in [0.25, 0.3) is 5.91 Å². The molecule has 2 N–H and O–H groups in total. The van der Waals surface area contributed by atoms with Gasteiger partial charge in [-0.3, -0.25) is 14.5 Å². The maximum absolute atomic E-state index is 13.1. The fraction of sp³-hybridized carbons (Fsp3) is 0.440. The van der Waals surface area contributed by atoms with Gasteiger partial charge in [0, 0.05) is 19.7 Å². The number of nitrogens with one attached hydrogen (secondary N) is 2. The Morgan fingerprint density at radius 3 is 2.89 bits per heavy atom. The summed E-state index contributed by atoms with van der Waals surface area (Å²) in [5.74, 6) is 0.656. The zero-order chi connectivity index (χ0) is 24.0. The quantitative estimate of drug-likeness (QED) is 0.492. The summed E-state index contributed by atoms with van der Waals surface area (Å²) >= 11 is 1.57. The molecule has 35 heavy (non-hydrogen) atoms. The van der Waals surface area contributed by atoms with Crippen LogP contribution in [0.25, 0.3) is 10.7 Å². The molecule has 10 heteroatoms. The molecule has 2 aromatic heterocycles. The molecule has 1 aromatic carbocycles. The van der Waals surface area contributed by atoms with Gasteiger partial charge in [0.1, 0.15) is 0 Å². The van der Waals surface area contributed by atoms with Crippen LogP contribution in [0.5, 0.6) is 0 Å². The lowest BCUT2D eigenvalue weighted by Crippen LogP contribution is -2.40. The zero-order valence-electron chi connectivity index (χ0n) is 19.4. The van der Waals surface area contributed by atoms with Crippen molar-refractivity contribution in [3.63, 3.8) is 0 Å². The van der Waals surface area contributed by atoms with Crippen LogP contribution in [-0.2, 0) is 16.1 Å². The minimum atomic E-state index is -0.209. The third-order valence-electron chi connectivity index (χ3n) is 6.39. The molecule has 2 amide bonds. The van der Waals surface area contributed by atoms with Crippen molar-refractivity contribution in [2.45, 2.75) is 38.3 Å². The van der Waals surface area contributed by atoms with Gasteiger partial charge >= 0.3 is 0 Å². The Kier molecular flexibility index (Phi) is 7.51. The van der Waals surface area contributed by atoms with Crippen molar-refractivity contribution in [3.8, 4) is 10.7 Å². The molecule has 2 atom stereocenters. The van der Waals surface area contributed by atoms with Gasteiger partial charge in [0.15, 0.2) is 0 Å². The van der Waals surface area contributed by atoms with Crippen LogP contribution < -0.4 is 10.6 Å². The number of benzene rings is 1. The normalized spacial score (nSPS) is 20.6. The van der Waals surface area contributed by atoms with Crippen LogP contribution in [0, 0.1) is 5.92 Å². The molecular formula is C25H29N5O4S. The summed E-state index contributed by atoms with van der Waals surface area (Å²) in [6, 6.07) is 11.0. The van der Waals surface area contributed by atoms with Gasteiger partial charge in [-0.25, -0.2) is 0 Å². The summed E-state index contributed by atoms with van der Waals surface area (Å²) in [5, 5.41) is 12.0. The number of carbonyl (C=O) groups is 2. The number of hydrogen-bond acceptors (Lipinski definition) is 8. The van der Waals surface area contributed by atoms with E-state index in [0.29, 0.717) is 42.6 Å². The van der Waals surface area contributed by atoms with E-state index in [4.69, 9.17) is 9.26 Å². The topological polar surface area (TPSA) is 110 Å². The van der Waals surface area contributed by atoms with Crippen LogP contribution in [-0.4, -0.2) is 59.2 Å². The maximum Gasteiger partial charge on any atom is 0.253 e. The van der Waals surface area contributed by atoms with E-state index in [1.807, 2.05) is 23.6 Å². The number of rotatable bonds is 8. The predicted octanol–water partition coefficient (Wildman–Crippen LogP) is 3.56. The molecule has 3 aromatic rings. The van der Waals surface area contributed by atoms with E-state index >= 15 is 0 Å². The van der Waals surface area contributed by atoms with Crippen molar-refractivity contribution in [2.24, 2.45) is 5.92 Å². The molecule has 2 unspecified atom stereocenters. The first-order chi connectivity index (χ1) is 17.2. The first kappa shape index (κ1) is 23.7. The molecule has 9 nitrogen and oxygen atoms in total. The molecular weight excluding hydrogens is 466 g/mol. The summed E-state index contributed by atoms with van der Waals surface area (Å²) in [6.07, 6.45) is 3.73. The molecule has 2 saturated heterocycles. The number of carbonyl (C=O) groups excluding carboxylic acids is 2. The van der Waals surface area contributed by atoms with Crippen molar-refractivity contribution in [2.75, 3.05) is 31.6 Å². The number of likely N-dealkylation sites (tertiary alicyclic amines) is 1. The lowest BCUT2D eigenvalue weighted by atomic mass is 9.96. The first-order valence-electron chi connectivity index (χ1n) is 12.0. The Morgan fingerprint density at radius 1 is 1.14 bits per heavy atom.